The van der Waals surface area contributed by atoms with Crippen LogP contribution in [-0.4, -0.2) is 29.1 Å². The number of aliphatic carboxylic acids is 1. The molecule has 0 fully saturated rings. The van der Waals surface area contributed by atoms with Crippen LogP contribution in [0.2, 0.25) is 0 Å². The standard InChI is InChI=1S/C5H11NO2S.Cu/c1-9-3-2-4(6)5(7)8;/h4H,2-3,6H2,1H3,(H,7,8);/t4-;/m0./s1. The first kappa shape index (κ1) is 12.9. The summed E-state index contributed by atoms with van der Waals surface area (Å²) in [4.78, 5) is 10.1. The first-order valence-corrected chi connectivity index (χ1v) is 4.05. The molecule has 0 aromatic heterocycles. The molecule has 0 amide bonds. The maximum atomic E-state index is 10.1. The van der Waals surface area contributed by atoms with Crippen LogP contribution < -0.4 is 5.73 Å². The van der Waals surface area contributed by atoms with Crippen molar-refractivity contribution in [3.63, 3.8) is 0 Å². The molecule has 0 spiro atoms. The molecular weight excluding hydrogens is 202 g/mol. The van der Waals surface area contributed by atoms with Crippen LogP contribution in [0.15, 0.2) is 0 Å². The van der Waals surface area contributed by atoms with Crippen LogP contribution >= 0.6 is 11.8 Å². The van der Waals surface area contributed by atoms with Crippen molar-refractivity contribution in [2.45, 2.75) is 12.5 Å². The molecule has 0 bridgehead atoms. The summed E-state index contributed by atoms with van der Waals surface area (Å²) in [6.07, 6.45) is 2.48. The summed E-state index contributed by atoms with van der Waals surface area (Å²) in [5.74, 6) is -0.1000. The summed E-state index contributed by atoms with van der Waals surface area (Å²) in [5.41, 5.74) is 5.19. The van der Waals surface area contributed by atoms with E-state index >= 15 is 0 Å². The molecule has 0 aliphatic rings. The van der Waals surface area contributed by atoms with Crippen molar-refractivity contribution in [1.82, 2.24) is 0 Å². The fraction of sp³-hybridized carbons (Fsp3) is 0.800. The van der Waals surface area contributed by atoms with Gasteiger partial charge in [-0.25, -0.2) is 0 Å². The molecule has 1 atom stereocenters. The van der Waals surface area contributed by atoms with E-state index in [0.29, 0.717) is 6.42 Å². The summed E-state index contributed by atoms with van der Waals surface area (Å²) in [6, 6.07) is -0.683. The van der Waals surface area contributed by atoms with Crippen LogP contribution in [-0.2, 0) is 21.9 Å². The topological polar surface area (TPSA) is 63.3 Å². The van der Waals surface area contributed by atoms with E-state index in [1.165, 1.54) is 0 Å². The molecule has 0 rings (SSSR count). The predicted molar refractivity (Wildman–Crippen MR) is 38.6 cm³/mol. The third-order valence-electron chi connectivity index (χ3n) is 0.950. The van der Waals surface area contributed by atoms with Gasteiger partial charge in [0, 0.05) is 17.1 Å². The molecule has 0 aromatic carbocycles. The molecule has 3 N–H and O–H groups in total. The molecule has 10 heavy (non-hydrogen) atoms. The second-order valence-electron chi connectivity index (χ2n) is 1.73. The fourth-order valence-electron chi connectivity index (χ4n) is 0.368. The van der Waals surface area contributed by atoms with E-state index in [4.69, 9.17) is 10.8 Å². The molecule has 0 heterocycles. The maximum Gasteiger partial charge on any atom is 0.320 e. The summed E-state index contributed by atoms with van der Waals surface area (Å²) < 4.78 is 0. The second-order valence-corrected chi connectivity index (χ2v) is 2.71. The third-order valence-corrected chi connectivity index (χ3v) is 1.59. The molecule has 0 saturated heterocycles. The van der Waals surface area contributed by atoms with Crippen molar-refractivity contribution in [3.8, 4) is 0 Å². The minimum atomic E-state index is -0.913. The van der Waals surface area contributed by atoms with Crippen LogP contribution in [0.25, 0.3) is 0 Å². The van der Waals surface area contributed by atoms with Crippen LogP contribution in [0.4, 0.5) is 0 Å². The van der Waals surface area contributed by atoms with Crippen molar-refractivity contribution >= 4 is 17.7 Å². The summed E-state index contributed by atoms with van der Waals surface area (Å²) in [5, 5.41) is 8.27. The summed E-state index contributed by atoms with van der Waals surface area (Å²) in [6.45, 7) is 0. The van der Waals surface area contributed by atoms with Crippen molar-refractivity contribution < 1.29 is 27.0 Å². The van der Waals surface area contributed by atoms with Gasteiger partial charge in [0.25, 0.3) is 0 Å². The molecule has 0 saturated carbocycles. The Labute approximate surface area is 75.2 Å². The monoisotopic (exact) mass is 212 g/mol. The Morgan fingerprint density at radius 2 is 2.30 bits per heavy atom. The minimum Gasteiger partial charge on any atom is -0.480 e. The number of carbonyl (C=O) groups is 1. The van der Waals surface area contributed by atoms with Gasteiger partial charge < -0.3 is 10.8 Å². The number of carboxylic acid groups (broad SMARTS) is 1. The van der Waals surface area contributed by atoms with E-state index in [-0.39, 0.29) is 17.1 Å². The van der Waals surface area contributed by atoms with E-state index in [1.807, 2.05) is 6.26 Å². The molecule has 1 radical (unpaired) electrons. The fourth-order valence-corrected chi connectivity index (χ4v) is 0.858. The van der Waals surface area contributed by atoms with E-state index in [9.17, 15) is 4.79 Å². The molecule has 0 aliphatic heterocycles. The SMILES string of the molecule is CSCC[C@H](N)C(=O)O.[Cu]. The Morgan fingerprint density at radius 3 is 2.60 bits per heavy atom. The summed E-state index contributed by atoms with van der Waals surface area (Å²) in [7, 11) is 0. The first-order chi connectivity index (χ1) is 4.18. The maximum absolute atomic E-state index is 10.1. The van der Waals surface area contributed by atoms with Crippen LogP contribution in [0.1, 0.15) is 6.42 Å². The molecule has 65 valence electrons. The zero-order chi connectivity index (χ0) is 7.28. The van der Waals surface area contributed by atoms with Gasteiger partial charge in [0.15, 0.2) is 0 Å². The Kier molecular flexibility index (Phi) is 9.58. The Morgan fingerprint density at radius 1 is 1.80 bits per heavy atom. The van der Waals surface area contributed by atoms with Gasteiger partial charge in [0.05, 0.1) is 0 Å². The van der Waals surface area contributed by atoms with E-state index in [1.54, 1.807) is 11.8 Å². The van der Waals surface area contributed by atoms with Crippen LogP contribution in [0, 0.1) is 0 Å². The van der Waals surface area contributed by atoms with Gasteiger partial charge in [-0.3, -0.25) is 4.79 Å². The number of rotatable bonds is 4. The molecular formula is C5H11CuNO2S. The molecule has 5 heteroatoms. The number of hydrogen-bond donors (Lipinski definition) is 2. The quantitative estimate of drug-likeness (QED) is 0.652. The third kappa shape index (κ3) is 6.42. The van der Waals surface area contributed by atoms with Crippen molar-refractivity contribution in [2.75, 3.05) is 12.0 Å². The Balaban J connectivity index is 0. The van der Waals surface area contributed by atoms with Gasteiger partial charge in [0.2, 0.25) is 0 Å². The molecule has 0 aromatic rings. The Bertz CT molecular complexity index is 102. The van der Waals surface area contributed by atoms with Gasteiger partial charge in [-0.1, -0.05) is 0 Å². The predicted octanol–water partition coefficient (Wildman–Crippen LogP) is 0.149. The molecule has 3 nitrogen and oxygen atoms in total. The van der Waals surface area contributed by atoms with Crippen molar-refractivity contribution in [3.05, 3.63) is 0 Å². The van der Waals surface area contributed by atoms with Gasteiger partial charge in [-0.05, 0) is 18.4 Å². The first-order valence-electron chi connectivity index (χ1n) is 2.65. The zero-order valence-electron chi connectivity index (χ0n) is 5.63. The van der Waals surface area contributed by atoms with Crippen LogP contribution in [0.5, 0.6) is 0 Å². The summed E-state index contributed by atoms with van der Waals surface area (Å²) >= 11 is 1.60. The van der Waals surface area contributed by atoms with Crippen molar-refractivity contribution in [2.24, 2.45) is 5.73 Å². The van der Waals surface area contributed by atoms with Gasteiger partial charge in [-0.15, -0.1) is 0 Å². The van der Waals surface area contributed by atoms with Gasteiger partial charge >= 0.3 is 5.97 Å². The number of hydrogen-bond acceptors (Lipinski definition) is 3. The van der Waals surface area contributed by atoms with E-state index in [0.717, 1.165) is 5.75 Å². The number of thioether (sulfide) groups is 1. The largest absolute Gasteiger partial charge is 0.480 e. The van der Waals surface area contributed by atoms with E-state index in [2.05, 4.69) is 0 Å². The van der Waals surface area contributed by atoms with Crippen LogP contribution in [0.3, 0.4) is 0 Å². The van der Waals surface area contributed by atoms with Crippen molar-refractivity contribution in [1.29, 1.82) is 0 Å². The zero-order valence-corrected chi connectivity index (χ0v) is 7.39. The Hall–Kier alpha value is 0.299. The molecule has 0 unspecified atom stereocenters. The average molecular weight is 213 g/mol. The second kappa shape index (κ2) is 7.41. The van der Waals surface area contributed by atoms with Gasteiger partial charge in [0.1, 0.15) is 6.04 Å². The normalized spacial score (nSPS) is 11.8. The minimum absolute atomic E-state index is 0. The smallest absolute Gasteiger partial charge is 0.320 e. The number of nitrogens with two attached hydrogens (primary N) is 1. The van der Waals surface area contributed by atoms with Gasteiger partial charge in [-0.2, -0.15) is 11.8 Å². The average Bonchev–Trinajstić information content (AvgIpc) is 1.82. The molecule has 0 aliphatic carbocycles. The van der Waals surface area contributed by atoms with E-state index < -0.39 is 12.0 Å². The number of carboxylic acids is 1.